The summed E-state index contributed by atoms with van der Waals surface area (Å²) in [6.45, 7) is 8.92. The van der Waals surface area contributed by atoms with Gasteiger partial charge >= 0.3 is 0 Å². The third kappa shape index (κ3) is 4.14. The molecule has 0 aliphatic heterocycles. The van der Waals surface area contributed by atoms with Crippen molar-refractivity contribution in [1.29, 1.82) is 0 Å². The van der Waals surface area contributed by atoms with Crippen molar-refractivity contribution >= 4 is 0 Å². The highest BCUT2D eigenvalue weighted by Gasteiger charge is 2.15. The molecule has 0 amide bonds. The van der Waals surface area contributed by atoms with Gasteiger partial charge in [-0.25, -0.2) is 4.39 Å². The minimum atomic E-state index is -0.185. The highest BCUT2D eigenvalue weighted by Crippen LogP contribution is 2.21. The largest absolute Gasteiger partial charge is 0.316 e. The Morgan fingerprint density at radius 1 is 1.24 bits per heavy atom. The SMILES string of the molecule is CCNCC(Cc1cc(C)nn1CC)c1ccc(F)cc1. The van der Waals surface area contributed by atoms with Crippen LogP contribution in [-0.2, 0) is 13.0 Å². The fourth-order valence-electron chi connectivity index (χ4n) is 2.65. The van der Waals surface area contributed by atoms with Gasteiger partial charge in [-0.3, -0.25) is 4.68 Å². The number of aryl methyl sites for hydroxylation is 2. The van der Waals surface area contributed by atoms with Gasteiger partial charge in [0, 0.05) is 24.7 Å². The first-order valence-corrected chi connectivity index (χ1v) is 7.63. The molecule has 1 atom stereocenters. The maximum absolute atomic E-state index is 13.1. The third-order valence-electron chi connectivity index (χ3n) is 3.72. The summed E-state index contributed by atoms with van der Waals surface area (Å²) < 4.78 is 15.2. The molecule has 0 saturated carbocycles. The summed E-state index contributed by atoms with van der Waals surface area (Å²) in [6, 6.07) is 8.99. The van der Waals surface area contributed by atoms with Gasteiger partial charge < -0.3 is 5.32 Å². The van der Waals surface area contributed by atoms with E-state index in [0.29, 0.717) is 5.92 Å². The summed E-state index contributed by atoms with van der Waals surface area (Å²) in [5.41, 5.74) is 3.45. The maximum atomic E-state index is 13.1. The molecule has 1 heterocycles. The Morgan fingerprint density at radius 2 is 1.95 bits per heavy atom. The second kappa shape index (κ2) is 7.36. The molecule has 21 heavy (non-hydrogen) atoms. The smallest absolute Gasteiger partial charge is 0.123 e. The molecule has 114 valence electrons. The summed E-state index contributed by atoms with van der Waals surface area (Å²) in [5.74, 6) is 0.141. The molecule has 1 N–H and O–H groups in total. The van der Waals surface area contributed by atoms with Crippen LogP contribution in [0.1, 0.15) is 36.7 Å². The number of nitrogens with zero attached hydrogens (tertiary/aromatic N) is 2. The quantitative estimate of drug-likeness (QED) is 0.847. The lowest BCUT2D eigenvalue weighted by Gasteiger charge is -2.18. The Hall–Kier alpha value is -1.68. The van der Waals surface area contributed by atoms with Crippen LogP contribution in [0.5, 0.6) is 0 Å². The van der Waals surface area contributed by atoms with E-state index in [4.69, 9.17) is 0 Å². The van der Waals surface area contributed by atoms with Crippen LogP contribution in [-0.4, -0.2) is 22.9 Å². The number of benzene rings is 1. The Morgan fingerprint density at radius 3 is 2.57 bits per heavy atom. The zero-order valence-corrected chi connectivity index (χ0v) is 13.1. The zero-order valence-electron chi connectivity index (χ0n) is 13.1. The molecular formula is C17H24FN3. The second-order valence-electron chi connectivity index (χ2n) is 5.35. The molecule has 4 heteroatoms. The average molecular weight is 289 g/mol. The molecule has 0 aliphatic carbocycles. The van der Waals surface area contributed by atoms with Crippen molar-refractivity contribution < 1.29 is 4.39 Å². The number of nitrogens with one attached hydrogen (secondary N) is 1. The van der Waals surface area contributed by atoms with E-state index < -0.39 is 0 Å². The molecule has 1 aromatic carbocycles. The molecule has 1 aromatic heterocycles. The predicted molar refractivity (Wildman–Crippen MR) is 84.0 cm³/mol. The molecular weight excluding hydrogens is 265 g/mol. The molecule has 3 nitrogen and oxygen atoms in total. The molecule has 1 unspecified atom stereocenters. The maximum Gasteiger partial charge on any atom is 0.123 e. The van der Waals surface area contributed by atoms with E-state index in [9.17, 15) is 4.39 Å². The van der Waals surface area contributed by atoms with Crippen molar-refractivity contribution in [2.24, 2.45) is 0 Å². The number of hydrogen-bond donors (Lipinski definition) is 1. The van der Waals surface area contributed by atoms with Gasteiger partial charge in [0.05, 0.1) is 5.69 Å². The van der Waals surface area contributed by atoms with Crippen LogP contribution < -0.4 is 5.32 Å². The monoisotopic (exact) mass is 289 g/mol. The van der Waals surface area contributed by atoms with Gasteiger partial charge in [0.1, 0.15) is 5.82 Å². The molecule has 0 bridgehead atoms. The molecule has 2 aromatic rings. The molecule has 0 spiro atoms. The van der Waals surface area contributed by atoms with E-state index in [0.717, 1.165) is 31.7 Å². The molecule has 0 fully saturated rings. The van der Waals surface area contributed by atoms with Crippen molar-refractivity contribution in [1.82, 2.24) is 15.1 Å². The third-order valence-corrected chi connectivity index (χ3v) is 3.72. The lowest BCUT2D eigenvalue weighted by atomic mass is 9.94. The van der Waals surface area contributed by atoms with Crippen LogP contribution in [0.4, 0.5) is 4.39 Å². The minimum Gasteiger partial charge on any atom is -0.316 e. The van der Waals surface area contributed by atoms with Gasteiger partial charge in [0.25, 0.3) is 0 Å². The summed E-state index contributed by atoms with van der Waals surface area (Å²) in [5, 5.41) is 7.91. The molecule has 0 radical (unpaired) electrons. The Labute approximate surface area is 126 Å². The van der Waals surface area contributed by atoms with Crippen LogP contribution >= 0.6 is 0 Å². The lowest BCUT2D eigenvalue weighted by molar-refractivity contribution is 0.549. The van der Waals surface area contributed by atoms with E-state index in [1.165, 1.54) is 23.4 Å². The first-order chi connectivity index (χ1) is 10.1. The van der Waals surface area contributed by atoms with Crippen LogP contribution in [0.3, 0.4) is 0 Å². The van der Waals surface area contributed by atoms with Gasteiger partial charge in [0.2, 0.25) is 0 Å². The Bertz CT molecular complexity index is 560. The first kappa shape index (κ1) is 15.7. The Balaban J connectivity index is 2.21. The summed E-state index contributed by atoms with van der Waals surface area (Å²) >= 11 is 0. The zero-order chi connectivity index (χ0) is 15.2. The highest BCUT2D eigenvalue weighted by atomic mass is 19.1. The van der Waals surface area contributed by atoms with E-state index in [1.54, 1.807) is 0 Å². The van der Waals surface area contributed by atoms with Gasteiger partial charge in [-0.2, -0.15) is 5.10 Å². The van der Waals surface area contributed by atoms with Gasteiger partial charge in [-0.15, -0.1) is 0 Å². The number of hydrogen-bond acceptors (Lipinski definition) is 2. The van der Waals surface area contributed by atoms with Gasteiger partial charge in [-0.1, -0.05) is 19.1 Å². The molecule has 0 saturated heterocycles. The predicted octanol–water partition coefficient (Wildman–Crippen LogP) is 3.29. The minimum absolute atomic E-state index is 0.185. The van der Waals surface area contributed by atoms with Crippen molar-refractivity contribution in [3.05, 3.63) is 53.1 Å². The Kier molecular flexibility index (Phi) is 5.51. The van der Waals surface area contributed by atoms with Crippen molar-refractivity contribution in [3.8, 4) is 0 Å². The summed E-state index contributed by atoms with van der Waals surface area (Å²) in [4.78, 5) is 0. The number of aromatic nitrogens is 2. The van der Waals surface area contributed by atoms with Crippen LogP contribution in [0, 0.1) is 12.7 Å². The first-order valence-electron chi connectivity index (χ1n) is 7.63. The van der Waals surface area contributed by atoms with Gasteiger partial charge in [0.15, 0.2) is 0 Å². The number of rotatable bonds is 7. The van der Waals surface area contributed by atoms with Gasteiger partial charge in [-0.05, 0) is 50.6 Å². The van der Waals surface area contributed by atoms with Crippen LogP contribution in [0.25, 0.3) is 0 Å². The van der Waals surface area contributed by atoms with Crippen molar-refractivity contribution in [2.75, 3.05) is 13.1 Å². The molecule has 2 rings (SSSR count). The van der Waals surface area contributed by atoms with E-state index in [2.05, 4.69) is 35.0 Å². The average Bonchev–Trinajstić information content (AvgIpc) is 2.84. The fourth-order valence-corrected chi connectivity index (χ4v) is 2.65. The second-order valence-corrected chi connectivity index (χ2v) is 5.35. The van der Waals surface area contributed by atoms with E-state index >= 15 is 0 Å². The van der Waals surface area contributed by atoms with E-state index in [-0.39, 0.29) is 5.82 Å². The normalized spacial score (nSPS) is 12.6. The number of likely N-dealkylation sites (N-methyl/N-ethyl adjacent to an activating group) is 1. The van der Waals surface area contributed by atoms with Crippen LogP contribution in [0.15, 0.2) is 30.3 Å². The fraction of sp³-hybridized carbons (Fsp3) is 0.471. The summed E-state index contributed by atoms with van der Waals surface area (Å²) in [7, 11) is 0. The standard InChI is InChI=1S/C17H24FN3/c1-4-19-12-15(14-6-8-16(18)9-7-14)11-17-10-13(3)20-21(17)5-2/h6-10,15,19H,4-5,11-12H2,1-3H3. The van der Waals surface area contributed by atoms with Crippen molar-refractivity contribution in [2.45, 2.75) is 39.7 Å². The highest BCUT2D eigenvalue weighted by molar-refractivity contribution is 5.23. The van der Waals surface area contributed by atoms with E-state index in [1.807, 2.05) is 19.1 Å². The lowest BCUT2D eigenvalue weighted by Crippen LogP contribution is -2.23. The molecule has 0 aliphatic rings. The summed E-state index contributed by atoms with van der Waals surface area (Å²) in [6.07, 6.45) is 0.910. The van der Waals surface area contributed by atoms with Crippen LogP contribution in [0.2, 0.25) is 0 Å². The number of halogens is 1. The van der Waals surface area contributed by atoms with Crippen molar-refractivity contribution in [3.63, 3.8) is 0 Å². The topological polar surface area (TPSA) is 29.9 Å².